The predicted octanol–water partition coefficient (Wildman–Crippen LogP) is 6.96. The van der Waals surface area contributed by atoms with E-state index in [1.807, 2.05) is 30.3 Å². The van der Waals surface area contributed by atoms with Crippen LogP contribution in [0, 0.1) is 11.8 Å². The van der Waals surface area contributed by atoms with Crippen LogP contribution in [0.4, 0.5) is 0 Å². The third-order valence-electron chi connectivity index (χ3n) is 5.89. The van der Waals surface area contributed by atoms with Crippen LogP contribution in [0.25, 0.3) is 32.7 Å². The van der Waals surface area contributed by atoms with Crippen LogP contribution in [0.2, 0.25) is 0 Å². The lowest BCUT2D eigenvalue weighted by Crippen LogP contribution is -1.85. The average molecular weight is 366 g/mol. The molecule has 5 aromatic carbocycles. The first kappa shape index (κ1) is 16.2. The van der Waals surface area contributed by atoms with Gasteiger partial charge in [-0.25, -0.2) is 0 Å². The van der Waals surface area contributed by atoms with Crippen molar-refractivity contribution in [3.05, 3.63) is 119 Å². The van der Waals surface area contributed by atoms with Gasteiger partial charge in [-0.05, 0) is 86.6 Å². The van der Waals surface area contributed by atoms with Crippen molar-refractivity contribution >= 4 is 21.5 Å². The monoisotopic (exact) mass is 366 g/mol. The fourth-order valence-corrected chi connectivity index (χ4v) is 4.43. The van der Waals surface area contributed by atoms with E-state index in [9.17, 15) is 0 Å². The number of hydrogen-bond donors (Lipinski definition) is 0. The highest BCUT2D eigenvalue weighted by Gasteiger charge is 2.20. The molecule has 0 fully saturated rings. The number of fused-ring (bicyclic) bond motifs is 6. The summed E-state index contributed by atoms with van der Waals surface area (Å²) in [7, 11) is 0. The molecule has 0 N–H and O–H groups in total. The van der Waals surface area contributed by atoms with Crippen molar-refractivity contribution in [2.24, 2.45) is 0 Å². The van der Waals surface area contributed by atoms with Crippen molar-refractivity contribution in [1.82, 2.24) is 0 Å². The van der Waals surface area contributed by atoms with Gasteiger partial charge in [-0.3, -0.25) is 0 Å². The van der Waals surface area contributed by atoms with E-state index in [4.69, 9.17) is 0 Å². The Morgan fingerprint density at radius 3 is 2.14 bits per heavy atom. The Morgan fingerprint density at radius 1 is 0.517 bits per heavy atom. The molecular formula is C29H18. The van der Waals surface area contributed by atoms with E-state index < -0.39 is 0 Å². The van der Waals surface area contributed by atoms with Gasteiger partial charge in [0.05, 0.1) is 0 Å². The zero-order chi connectivity index (χ0) is 19.2. The summed E-state index contributed by atoms with van der Waals surface area (Å²) in [5.74, 6) is 6.61. The standard InChI is InChI=1S/C29H18/c1-2-6-20(7-3-1)10-11-21-12-13-25-19-29-26(27(25)16-21)15-14-24-17-22-8-4-5-9-23(22)18-28(24)29/h1-9,12-18H,19H2. The van der Waals surface area contributed by atoms with Gasteiger partial charge in [0.2, 0.25) is 0 Å². The smallest absolute Gasteiger partial charge is 0.0255 e. The Bertz CT molecular complexity index is 1460. The number of benzene rings is 5. The largest absolute Gasteiger partial charge is 0.0622 e. The summed E-state index contributed by atoms with van der Waals surface area (Å²) in [6, 6.07) is 34.6. The maximum Gasteiger partial charge on any atom is 0.0255 e. The van der Waals surface area contributed by atoms with E-state index in [2.05, 4.69) is 78.6 Å². The van der Waals surface area contributed by atoms with Gasteiger partial charge in [0.25, 0.3) is 0 Å². The van der Waals surface area contributed by atoms with Crippen LogP contribution in [-0.4, -0.2) is 0 Å². The van der Waals surface area contributed by atoms with Crippen LogP contribution in [0.5, 0.6) is 0 Å². The van der Waals surface area contributed by atoms with E-state index in [0.717, 1.165) is 17.5 Å². The van der Waals surface area contributed by atoms with Gasteiger partial charge in [-0.1, -0.05) is 72.5 Å². The minimum Gasteiger partial charge on any atom is -0.0622 e. The molecule has 6 rings (SSSR count). The van der Waals surface area contributed by atoms with Crippen LogP contribution in [0.3, 0.4) is 0 Å². The molecule has 0 bridgehead atoms. The summed E-state index contributed by atoms with van der Waals surface area (Å²) < 4.78 is 0. The molecule has 0 atom stereocenters. The highest BCUT2D eigenvalue weighted by atomic mass is 14.2. The lowest BCUT2D eigenvalue weighted by Gasteiger charge is -2.08. The topological polar surface area (TPSA) is 0 Å². The SMILES string of the molecule is C(#Cc1ccc2c(c1)-c1ccc3cc4ccccc4cc3c1C2)c1ccccc1. The van der Waals surface area contributed by atoms with Gasteiger partial charge < -0.3 is 0 Å². The summed E-state index contributed by atoms with van der Waals surface area (Å²) in [5.41, 5.74) is 7.63. The van der Waals surface area contributed by atoms with Crippen molar-refractivity contribution in [2.45, 2.75) is 6.42 Å². The van der Waals surface area contributed by atoms with E-state index in [1.165, 1.54) is 43.8 Å². The normalized spacial score (nSPS) is 11.7. The maximum atomic E-state index is 3.33. The fraction of sp³-hybridized carbons (Fsp3) is 0.0345. The average Bonchev–Trinajstić information content (AvgIpc) is 3.15. The quantitative estimate of drug-likeness (QED) is 0.201. The molecule has 0 spiro atoms. The molecule has 0 unspecified atom stereocenters. The van der Waals surface area contributed by atoms with Crippen molar-refractivity contribution in [3.63, 3.8) is 0 Å². The molecule has 0 aromatic heterocycles. The lowest BCUT2D eigenvalue weighted by atomic mass is 9.96. The summed E-state index contributed by atoms with van der Waals surface area (Å²) in [6.07, 6.45) is 0.993. The summed E-state index contributed by atoms with van der Waals surface area (Å²) in [5, 5.41) is 5.29. The third-order valence-corrected chi connectivity index (χ3v) is 5.89. The molecule has 0 heteroatoms. The lowest BCUT2D eigenvalue weighted by molar-refractivity contribution is 1.28. The number of hydrogen-bond acceptors (Lipinski definition) is 0. The summed E-state index contributed by atoms with van der Waals surface area (Å²) >= 11 is 0. The van der Waals surface area contributed by atoms with Crippen LogP contribution in [-0.2, 0) is 6.42 Å². The zero-order valence-corrected chi connectivity index (χ0v) is 15.9. The van der Waals surface area contributed by atoms with Crippen LogP contribution in [0.15, 0.2) is 97.1 Å². The minimum atomic E-state index is 0.993. The van der Waals surface area contributed by atoms with Crippen LogP contribution >= 0.6 is 0 Å². The van der Waals surface area contributed by atoms with E-state index in [-0.39, 0.29) is 0 Å². The Labute approximate surface area is 170 Å². The second-order valence-electron chi connectivity index (χ2n) is 7.68. The molecule has 5 aromatic rings. The molecule has 0 nitrogen and oxygen atoms in total. The first-order valence-electron chi connectivity index (χ1n) is 10.00. The summed E-state index contributed by atoms with van der Waals surface area (Å²) in [6.45, 7) is 0. The van der Waals surface area contributed by atoms with Crippen LogP contribution in [0.1, 0.15) is 22.3 Å². The molecule has 0 amide bonds. The van der Waals surface area contributed by atoms with Gasteiger partial charge in [-0.15, -0.1) is 0 Å². The Morgan fingerprint density at radius 2 is 1.28 bits per heavy atom. The summed E-state index contributed by atoms with van der Waals surface area (Å²) in [4.78, 5) is 0. The van der Waals surface area contributed by atoms with Crippen molar-refractivity contribution in [1.29, 1.82) is 0 Å². The van der Waals surface area contributed by atoms with Gasteiger partial charge >= 0.3 is 0 Å². The van der Waals surface area contributed by atoms with Crippen molar-refractivity contribution in [2.75, 3.05) is 0 Å². The number of rotatable bonds is 0. The Kier molecular flexibility index (Phi) is 3.55. The van der Waals surface area contributed by atoms with Crippen LogP contribution < -0.4 is 0 Å². The maximum absolute atomic E-state index is 3.33. The molecule has 0 heterocycles. The minimum absolute atomic E-state index is 0.993. The molecule has 134 valence electrons. The first-order valence-corrected chi connectivity index (χ1v) is 10.00. The highest BCUT2D eigenvalue weighted by molar-refractivity contribution is 6.03. The fourth-order valence-electron chi connectivity index (χ4n) is 4.43. The molecule has 1 aliphatic carbocycles. The zero-order valence-electron chi connectivity index (χ0n) is 15.9. The van der Waals surface area contributed by atoms with Gasteiger partial charge in [-0.2, -0.15) is 0 Å². The molecule has 0 aliphatic heterocycles. The predicted molar refractivity (Wildman–Crippen MR) is 122 cm³/mol. The Hall–Kier alpha value is -3.82. The molecule has 0 saturated carbocycles. The molecule has 0 saturated heterocycles. The van der Waals surface area contributed by atoms with Crippen molar-refractivity contribution in [3.8, 4) is 23.0 Å². The third kappa shape index (κ3) is 2.72. The van der Waals surface area contributed by atoms with Gasteiger partial charge in [0.1, 0.15) is 0 Å². The van der Waals surface area contributed by atoms with E-state index in [0.29, 0.717) is 0 Å². The van der Waals surface area contributed by atoms with Crippen molar-refractivity contribution < 1.29 is 0 Å². The second-order valence-corrected chi connectivity index (χ2v) is 7.68. The van der Waals surface area contributed by atoms with E-state index in [1.54, 1.807) is 0 Å². The molecule has 1 aliphatic rings. The molecule has 29 heavy (non-hydrogen) atoms. The van der Waals surface area contributed by atoms with Gasteiger partial charge in [0.15, 0.2) is 0 Å². The second kappa shape index (κ2) is 6.36. The highest BCUT2D eigenvalue weighted by Crippen LogP contribution is 2.41. The first-order chi connectivity index (χ1) is 14.3. The van der Waals surface area contributed by atoms with E-state index >= 15 is 0 Å². The molecule has 0 radical (unpaired) electrons. The van der Waals surface area contributed by atoms with Gasteiger partial charge in [0, 0.05) is 11.1 Å². The molecular weight excluding hydrogens is 348 g/mol. The Balaban J connectivity index is 1.48.